The summed E-state index contributed by atoms with van der Waals surface area (Å²) in [5, 5.41) is 2.69. The van der Waals surface area contributed by atoms with E-state index < -0.39 is 10.3 Å². The maximum Gasteiger partial charge on any atom is 0.238 e. The third kappa shape index (κ3) is 1.54. The summed E-state index contributed by atoms with van der Waals surface area (Å²) >= 11 is 0. The zero-order valence-electron chi connectivity index (χ0n) is 8.84. The molecule has 1 heterocycles. The minimum absolute atomic E-state index is 0.235. The van der Waals surface area contributed by atoms with Crippen LogP contribution in [0.15, 0.2) is 48.5 Å². The molecule has 1 aromatic heterocycles. The topological polar surface area (TPSA) is 49.9 Å². The predicted octanol–water partition coefficient (Wildman–Crippen LogP) is 2.73. The second kappa shape index (κ2) is 3.75. The Morgan fingerprint density at radius 1 is 0.765 bits per heavy atom. The molecule has 84 valence electrons. The van der Waals surface area contributed by atoms with E-state index in [0.29, 0.717) is 0 Å². The molecule has 0 atom stereocenters. The predicted molar refractivity (Wildman–Crippen MR) is 68.0 cm³/mol. The molecule has 1 N–H and O–H groups in total. The molecule has 0 bridgehead atoms. The van der Waals surface area contributed by atoms with Crippen molar-refractivity contribution in [1.82, 2.24) is 4.98 Å². The molecule has 3 nitrogen and oxygen atoms in total. The van der Waals surface area contributed by atoms with E-state index in [1.54, 1.807) is 0 Å². The van der Waals surface area contributed by atoms with Crippen LogP contribution in [0.3, 0.4) is 0 Å². The van der Waals surface area contributed by atoms with Crippen LogP contribution in [0.2, 0.25) is 0 Å². The standard InChI is InChI=1S/C13H9NO2S/c15-17(16)13-11-7-2-1-5-9(11)10-6-3-4-8-12(10)14-13/h1-8,14H. The van der Waals surface area contributed by atoms with Crippen LogP contribution in [-0.2, 0) is 10.3 Å². The first-order chi connectivity index (χ1) is 8.27. The third-order valence-corrected chi connectivity index (χ3v) is 3.46. The van der Waals surface area contributed by atoms with E-state index in [2.05, 4.69) is 4.98 Å². The molecule has 0 aliphatic rings. The number of pyridine rings is 1. The van der Waals surface area contributed by atoms with Crippen molar-refractivity contribution >= 4 is 32.0 Å². The second-order valence-electron chi connectivity index (χ2n) is 3.78. The van der Waals surface area contributed by atoms with Crippen LogP contribution in [0.5, 0.6) is 0 Å². The van der Waals surface area contributed by atoms with Gasteiger partial charge >= 0.3 is 0 Å². The number of para-hydroxylation sites is 1. The van der Waals surface area contributed by atoms with Gasteiger partial charge < -0.3 is 4.98 Å². The van der Waals surface area contributed by atoms with Crippen LogP contribution in [0.1, 0.15) is 0 Å². The average Bonchev–Trinajstić information content (AvgIpc) is 2.37. The van der Waals surface area contributed by atoms with E-state index in [0.717, 1.165) is 21.7 Å². The molecule has 0 amide bonds. The number of benzene rings is 2. The van der Waals surface area contributed by atoms with Gasteiger partial charge in [-0.1, -0.05) is 42.5 Å². The van der Waals surface area contributed by atoms with Crippen molar-refractivity contribution < 1.29 is 8.42 Å². The Morgan fingerprint density at radius 2 is 1.35 bits per heavy atom. The third-order valence-electron chi connectivity index (χ3n) is 2.80. The van der Waals surface area contributed by atoms with Gasteiger partial charge in [-0.05, 0) is 11.5 Å². The van der Waals surface area contributed by atoms with Crippen LogP contribution < -0.4 is 0 Å². The minimum atomic E-state index is -2.27. The van der Waals surface area contributed by atoms with E-state index in [1.807, 2.05) is 48.5 Å². The summed E-state index contributed by atoms with van der Waals surface area (Å²) in [6.45, 7) is 0. The van der Waals surface area contributed by atoms with Crippen molar-refractivity contribution in [3.63, 3.8) is 0 Å². The van der Waals surface area contributed by atoms with Crippen LogP contribution >= 0.6 is 0 Å². The van der Waals surface area contributed by atoms with E-state index in [9.17, 15) is 8.42 Å². The summed E-state index contributed by atoms with van der Waals surface area (Å²) in [5.41, 5.74) is 0.824. The first-order valence-electron chi connectivity index (χ1n) is 5.19. The van der Waals surface area contributed by atoms with Crippen molar-refractivity contribution in [2.24, 2.45) is 0 Å². The van der Waals surface area contributed by atoms with Gasteiger partial charge in [0.1, 0.15) is 0 Å². The molecular formula is C13H9NO2S. The average molecular weight is 243 g/mol. The first-order valence-corrected chi connectivity index (χ1v) is 6.27. The van der Waals surface area contributed by atoms with Crippen LogP contribution in [0, 0.1) is 4.64 Å². The van der Waals surface area contributed by atoms with Crippen LogP contribution in [-0.4, -0.2) is 13.4 Å². The summed E-state index contributed by atoms with van der Waals surface area (Å²) in [5.74, 6) is 0. The monoisotopic (exact) mass is 243 g/mol. The van der Waals surface area contributed by atoms with Gasteiger partial charge in [0.05, 0.1) is 0 Å². The Hall–Kier alpha value is -2.07. The van der Waals surface area contributed by atoms with Crippen LogP contribution in [0.4, 0.5) is 0 Å². The molecule has 0 radical (unpaired) electrons. The zero-order valence-corrected chi connectivity index (χ0v) is 9.66. The largest absolute Gasteiger partial charge is 0.342 e. The lowest BCUT2D eigenvalue weighted by Crippen LogP contribution is -1.86. The fourth-order valence-electron chi connectivity index (χ4n) is 2.06. The first kappa shape index (κ1) is 10.1. The Morgan fingerprint density at radius 3 is 2.06 bits per heavy atom. The van der Waals surface area contributed by atoms with Gasteiger partial charge in [0.25, 0.3) is 0 Å². The maximum atomic E-state index is 11.2. The lowest BCUT2D eigenvalue weighted by atomic mass is 10.1. The molecule has 2 aromatic carbocycles. The van der Waals surface area contributed by atoms with E-state index in [1.165, 1.54) is 0 Å². The van der Waals surface area contributed by atoms with Crippen molar-refractivity contribution in [2.45, 2.75) is 0 Å². The number of rotatable bonds is 0. The number of aromatic amines is 1. The van der Waals surface area contributed by atoms with E-state index >= 15 is 0 Å². The molecule has 3 rings (SSSR count). The Labute approximate surface area is 98.9 Å². The summed E-state index contributed by atoms with van der Waals surface area (Å²) in [7, 11) is -2.27. The molecular weight excluding hydrogens is 234 g/mol. The minimum Gasteiger partial charge on any atom is -0.342 e. The maximum absolute atomic E-state index is 11.2. The molecule has 0 spiro atoms. The highest BCUT2D eigenvalue weighted by molar-refractivity contribution is 7.64. The number of hydrogen-bond acceptors (Lipinski definition) is 2. The van der Waals surface area contributed by atoms with Gasteiger partial charge in [-0.3, -0.25) is 0 Å². The van der Waals surface area contributed by atoms with E-state index in [-0.39, 0.29) is 4.64 Å². The van der Waals surface area contributed by atoms with Crippen LogP contribution in [0.25, 0.3) is 21.7 Å². The van der Waals surface area contributed by atoms with Crippen molar-refractivity contribution in [2.75, 3.05) is 0 Å². The zero-order chi connectivity index (χ0) is 11.8. The Balaban J connectivity index is 2.81. The fourth-order valence-corrected chi connectivity index (χ4v) is 2.61. The van der Waals surface area contributed by atoms with Gasteiger partial charge in [0, 0.05) is 16.3 Å². The number of nitrogens with one attached hydrogen (secondary N) is 1. The number of aromatic nitrogens is 1. The highest BCUT2D eigenvalue weighted by Crippen LogP contribution is 2.23. The molecule has 17 heavy (non-hydrogen) atoms. The summed E-state index contributed by atoms with van der Waals surface area (Å²) in [4.78, 5) is 2.96. The van der Waals surface area contributed by atoms with Gasteiger partial charge in [-0.25, -0.2) is 0 Å². The molecule has 3 aromatic rings. The van der Waals surface area contributed by atoms with Gasteiger partial charge in [-0.15, -0.1) is 0 Å². The highest BCUT2D eigenvalue weighted by Gasteiger charge is 2.02. The molecule has 0 fully saturated rings. The smallest absolute Gasteiger partial charge is 0.238 e. The second-order valence-corrected chi connectivity index (χ2v) is 4.66. The van der Waals surface area contributed by atoms with Crippen molar-refractivity contribution in [1.29, 1.82) is 0 Å². The van der Waals surface area contributed by atoms with E-state index in [4.69, 9.17) is 0 Å². The molecule has 4 heteroatoms. The lowest BCUT2D eigenvalue weighted by molar-refractivity contribution is 0.624. The quantitative estimate of drug-likeness (QED) is 0.487. The van der Waals surface area contributed by atoms with Crippen molar-refractivity contribution in [3.8, 4) is 0 Å². The molecule has 0 saturated carbocycles. The SMILES string of the molecule is O=S(=O)=c1[nH]c2ccccc2c2ccccc12. The number of H-pyrrole nitrogens is 1. The molecule has 0 unspecified atom stereocenters. The molecule has 0 aliphatic heterocycles. The van der Waals surface area contributed by atoms with Gasteiger partial charge in [-0.2, -0.15) is 8.42 Å². The van der Waals surface area contributed by atoms with Gasteiger partial charge in [0.2, 0.25) is 10.3 Å². The fraction of sp³-hybridized carbons (Fsp3) is 0. The number of fused-ring (bicyclic) bond motifs is 3. The summed E-state index contributed by atoms with van der Waals surface area (Å²) in [6.07, 6.45) is 0. The highest BCUT2D eigenvalue weighted by atomic mass is 32.2. The van der Waals surface area contributed by atoms with Crippen molar-refractivity contribution in [3.05, 3.63) is 53.2 Å². The summed E-state index contributed by atoms with van der Waals surface area (Å²) in [6, 6.07) is 15.2. The van der Waals surface area contributed by atoms with Gasteiger partial charge in [0.15, 0.2) is 4.64 Å². The number of hydrogen-bond donors (Lipinski definition) is 1. The molecule has 0 aliphatic carbocycles. The molecule has 0 saturated heterocycles. The lowest BCUT2D eigenvalue weighted by Gasteiger charge is -2.03. The Bertz CT molecular complexity index is 884. The Kier molecular flexibility index (Phi) is 2.23. The summed E-state index contributed by atoms with van der Waals surface area (Å²) < 4.78 is 22.7. The normalized spacial score (nSPS) is 10.8.